The van der Waals surface area contributed by atoms with Gasteiger partial charge in [0, 0.05) is 6.42 Å². The van der Waals surface area contributed by atoms with Gasteiger partial charge in [-0.3, -0.25) is 14.4 Å². The summed E-state index contributed by atoms with van der Waals surface area (Å²) in [5, 5.41) is 23.0. The smallest absolute Gasteiger partial charge is 0.330 e. The van der Waals surface area contributed by atoms with E-state index in [9.17, 15) is 29.4 Å². The van der Waals surface area contributed by atoms with Crippen LogP contribution in [-0.2, 0) is 31.0 Å². The molecule has 0 aromatic heterocycles. The Morgan fingerprint density at radius 1 is 0.868 bits per heavy atom. The zero-order chi connectivity index (χ0) is 27.3. The molecule has 2 amide bonds. The number of nitrogens with two attached hydrogens (primary N) is 1. The highest BCUT2D eigenvalue weighted by Gasteiger charge is 2.63. The summed E-state index contributed by atoms with van der Waals surface area (Å²) in [4.78, 5) is 52.5. The fourth-order valence-electron chi connectivity index (χ4n) is 5.83. The molecule has 0 aliphatic heterocycles. The molecule has 1 aliphatic carbocycles. The van der Waals surface area contributed by atoms with Gasteiger partial charge in [0.25, 0.3) is 0 Å². The Hall–Kier alpha value is -4.46. The lowest BCUT2D eigenvalue weighted by atomic mass is 9.56. The summed E-state index contributed by atoms with van der Waals surface area (Å²) in [5.74, 6) is -5.27. The van der Waals surface area contributed by atoms with Crippen LogP contribution < -0.4 is 11.1 Å². The Morgan fingerprint density at radius 2 is 1.42 bits per heavy atom. The van der Waals surface area contributed by atoms with Gasteiger partial charge in [0.2, 0.25) is 11.8 Å². The van der Waals surface area contributed by atoms with Crippen LogP contribution in [0.25, 0.3) is 0 Å². The summed E-state index contributed by atoms with van der Waals surface area (Å²) in [6.45, 7) is 0. The second-order valence-corrected chi connectivity index (χ2v) is 9.63. The van der Waals surface area contributed by atoms with Crippen molar-refractivity contribution >= 4 is 23.8 Å². The molecule has 4 rings (SSSR count). The Labute approximate surface area is 220 Å². The summed E-state index contributed by atoms with van der Waals surface area (Å²) >= 11 is 0. The third-order valence-electron chi connectivity index (χ3n) is 7.57. The van der Waals surface area contributed by atoms with Gasteiger partial charge in [-0.05, 0) is 47.9 Å². The predicted molar refractivity (Wildman–Crippen MR) is 140 cm³/mol. The summed E-state index contributed by atoms with van der Waals surface area (Å²) in [7, 11) is 0. The van der Waals surface area contributed by atoms with Crippen LogP contribution >= 0.6 is 0 Å². The van der Waals surface area contributed by atoms with E-state index in [-0.39, 0.29) is 6.42 Å². The van der Waals surface area contributed by atoms with Crippen LogP contribution in [0.15, 0.2) is 84.9 Å². The summed E-state index contributed by atoms with van der Waals surface area (Å²) < 4.78 is 0. The van der Waals surface area contributed by atoms with E-state index in [1.54, 1.807) is 84.9 Å². The van der Waals surface area contributed by atoms with Gasteiger partial charge in [0.05, 0.1) is 5.92 Å². The van der Waals surface area contributed by atoms with Crippen molar-refractivity contribution in [3.05, 3.63) is 107 Å². The van der Waals surface area contributed by atoms with Crippen molar-refractivity contribution in [1.29, 1.82) is 0 Å². The van der Waals surface area contributed by atoms with E-state index in [2.05, 4.69) is 5.32 Å². The molecule has 5 N–H and O–H groups in total. The maximum absolute atomic E-state index is 14.2. The number of carbonyl (C=O) groups excluding carboxylic acids is 2. The molecule has 3 aromatic rings. The molecule has 0 saturated heterocycles. The van der Waals surface area contributed by atoms with Gasteiger partial charge in [0.1, 0.15) is 5.41 Å². The van der Waals surface area contributed by atoms with E-state index in [1.807, 2.05) is 0 Å². The van der Waals surface area contributed by atoms with Crippen molar-refractivity contribution in [3.63, 3.8) is 0 Å². The monoisotopic (exact) mass is 514 g/mol. The van der Waals surface area contributed by atoms with Crippen LogP contribution in [0, 0.1) is 0 Å². The van der Waals surface area contributed by atoms with E-state index in [4.69, 9.17) is 5.73 Å². The van der Waals surface area contributed by atoms with E-state index >= 15 is 0 Å². The topological polar surface area (TPSA) is 147 Å². The number of carboxylic acids is 2. The highest BCUT2D eigenvalue weighted by atomic mass is 16.4. The van der Waals surface area contributed by atoms with Crippen LogP contribution in [0.3, 0.4) is 0 Å². The number of hydrogen-bond donors (Lipinski definition) is 4. The van der Waals surface area contributed by atoms with Crippen LogP contribution in [0.1, 0.15) is 53.9 Å². The van der Waals surface area contributed by atoms with Crippen molar-refractivity contribution in [3.8, 4) is 0 Å². The molecule has 0 unspecified atom stereocenters. The zero-order valence-electron chi connectivity index (χ0n) is 20.8. The summed E-state index contributed by atoms with van der Waals surface area (Å²) in [6.07, 6.45) is -0.0296. The first-order chi connectivity index (χ1) is 18.2. The molecular formula is C30H30N2O6. The van der Waals surface area contributed by atoms with Gasteiger partial charge in [-0.25, -0.2) is 4.79 Å². The number of fused-ring (bicyclic) bond motifs is 1. The average Bonchev–Trinajstić information content (AvgIpc) is 2.91. The zero-order valence-corrected chi connectivity index (χ0v) is 20.8. The number of rotatable bonds is 10. The molecule has 0 fully saturated rings. The van der Waals surface area contributed by atoms with Gasteiger partial charge in [0.15, 0.2) is 5.54 Å². The molecule has 38 heavy (non-hydrogen) atoms. The normalized spacial score (nSPS) is 18.1. The minimum atomic E-state index is -2.31. The molecule has 0 saturated carbocycles. The molecule has 0 heterocycles. The van der Waals surface area contributed by atoms with Crippen molar-refractivity contribution in [2.24, 2.45) is 5.73 Å². The minimum Gasteiger partial charge on any atom is -0.481 e. The van der Waals surface area contributed by atoms with Crippen LogP contribution in [-0.4, -0.2) is 39.5 Å². The average molecular weight is 515 g/mol. The number of benzene rings is 3. The van der Waals surface area contributed by atoms with E-state index in [0.717, 1.165) is 5.56 Å². The molecule has 196 valence electrons. The number of aryl methyl sites for hydroxylation is 1. The summed E-state index contributed by atoms with van der Waals surface area (Å²) in [6, 6.07) is 24.7. The maximum Gasteiger partial charge on any atom is 0.330 e. The fraction of sp³-hybridized carbons (Fsp3) is 0.267. The van der Waals surface area contributed by atoms with Gasteiger partial charge < -0.3 is 21.3 Å². The molecule has 3 aromatic carbocycles. The standard InChI is InChI=1S/C30H30N2O6/c31-27(36)29(18-9-15-20-10-7-8-16-23(20)29)30(28(37)38,19-17-24(33)34)32-26(35)25(21-11-3-1-4-12-21)22-13-5-2-6-14-22/h1-8,10-14,16,25H,9,15,17-19H2,(H2,31,36)(H,32,35)(H,33,34)(H,37,38)/t29-,30-/m0/s1. The number of carbonyl (C=O) groups is 4. The van der Waals surface area contributed by atoms with Gasteiger partial charge in [-0.2, -0.15) is 0 Å². The van der Waals surface area contributed by atoms with Gasteiger partial charge in [-0.1, -0.05) is 84.9 Å². The molecule has 8 heteroatoms. The highest BCUT2D eigenvalue weighted by molar-refractivity contribution is 6.01. The first kappa shape index (κ1) is 26.6. The fourth-order valence-corrected chi connectivity index (χ4v) is 5.83. The number of nitrogens with one attached hydrogen (secondary N) is 1. The predicted octanol–water partition coefficient (Wildman–Crippen LogP) is 3.38. The maximum atomic E-state index is 14.2. The lowest BCUT2D eigenvalue weighted by Crippen LogP contribution is -2.72. The van der Waals surface area contributed by atoms with E-state index in [1.165, 1.54) is 0 Å². The SMILES string of the molecule is NC(=O)[C@]1([C@@](CCC(=O)O)(NC(=O)C(c2ccccc2)c2ccccc2)C(=O)O)CCCc2ccccc21. The lowest BCUT2D eigenvalue weighted by Gasteiger charge is -2.49. The minimum absolute atomic E-state index is 0.0485. The van der Waals surface area contributed by atoms with Crippen molar-refractivity contribution < 1.29 is 29.4 Å². The van der Waals surface area contributed by atoms with Crippen LogP contribution in [0.4, 0.5) is 0 Å². The van der Waals surface area contributed by atoms with Gasteiger partial charge in [-0.15, -0.1) is 0 Å². The number of amides is 2. The Morgan fingerprint density at radius 3 is 1.95 bits per heavy atom. The first-order valence-corrected chi connectivity index (χ1v) is 12.5. The number of aliphatic carboxylic acids is 2. The molecule has 8 nitrogen and oxygen atoms in total. The second kappa shape index (κ2) is 10.9. The Kier molecular flexibility index (Phi) is 7.62. The number of carboxylic acid groups (broad SMARTS) is 2. The van der Waals surface area contributed by atoms with E-state index < -0.39 is 53.5 Å². The first-order valence-electron chi connectivity index (χ1n) is 12.5. The molecule has 2 atom stereocenters. The van der Waals surface area contributed by atoms with Crippen molar-refractivity contribution in [1.82, 2.24) is 5.32 Å². The Balaban J connectivity index is 1.93. The highest BCUT2D eigenvalue weighted by Crippen LogP contribution is 2.48. The summed E-state index contributed by atoms with van der Waals surface area (Å²) in [5.41, 5.74) is 4.23. The van der Waals surface area contributed by atoms with Crippen molar-refractivity contribution in [2.75, 3.05) is 0 Å². The van der Waals surface area contributed by atoms with Crippen LogP contribution in [0.2, 0.25) is 0 Å². The molecular weight excluding hydrogens is 484 g/mol. The second-order valence-electron chi connectivity index (χ2n) is 9.63. The largest absolute Gasteiger partial charge is 0.481 e. The van der Waals surface area contributed by atoms with Gasteiger partial charge >= 0.3 is 11.9 Å². The molecule has 0 bridgehead atoms. The quantitative estimate of drug-likeness (QED) is 0.326. The number of primary amides is 1. The van der Waals surface area contributed by atoms with E-state index in [0.29, 0.717) is 29.5 Å². The Bertz CT molecular complexity index is 1300. The third kappa shape index (κ3) is 4.65. The molecule has 0 radical (unpaired) electrons. The molecule has 0 spiro atoms. The number of hydrogen-bond acceptors (Lipinski definition) is 4. The third-order valence-corrected chi connectivity index (χ3v) is 7.57. The molecule has 1 aliphatic rings. The lowest BCUT2D eigenvalue weighted by molar-refractivity contribution is -0.157. The van der Waals surface area contributed by atoms with Crippen molar-refractivity contribution in [2.45, 2.75) is 49.0 Å². The van der Waals surface area contributed by atoms with Crippen LogP contribution in [0.5, 0.6) is 0 Å².